The molecule has 0 spiro atoms. The Kier molecular flexibility index (Phi) is 8.55. The van der Waals surface area contributed by atoms with Crippen molar-refractivity contribution in [2.45, 2.75) is 6.61 Å². The predicted molar refractivity (Wildman–Crippen MR) is 123 cm³/mol. The summed E-state index contributed by atoms with van der Waals surface area (Å²) in [7, 11) is 0. The number of rotatable bonds is 7. The lowest BCUT2D eigenvalue weighted by Crippen LogP contribution is -2.42. The van der Waals surface area contributed by atoms with E-state index in [2.05, 4.69) is 33.1 Å². The smallest absolute Gasteiger partial charge is 0.254 e. The number of ether oxygens (including phenoxy) is 2. The number of hydrogen-bond donors (Lipinski definition) is 1. The molecule has 3 rings (SSSR count). The Bertz CT molecular complexity index is 849. The average Bonchev–Trinajstić information content (AvgIpc) is 2.69. The van der Waals surface area contributed by atoms with Gasteiger partial charge in [-0.3, -0.25) is 9.69 Å². The van der Waals surface area contributed by atoms with Gasteiger partial charge in [0.1, 0.15) is 6.61 Å². The van der Waals surface area contributed by atoms with Gasteiger partial charge in [-0.2, -0.15) is 5.10 Å². The molecular formula is C20H20Cl2IN3O3. The Morgan fingerprint density at radius 2 is 1.86 bits per heavy atom. The van der Waals surface area contributed by atoms with E-state index in [0.29, 0.717) is 41.2 Å². The highest BCUT2D eigenvalue weighted by atomic mass is 127. The van der Waals surface area contributed by atoms with Crippen LogP contribution < -0.4 is 10.2 Å². The second-order valence-corrected chi connectivity index (χ2v) is 8.47. The summed E-state index contributed by atoms with van der Waals surface area (Å²) < 4.78 is 12.2. The summed E-state index contributed by atoms with van der Waals surface area (Å²) in [6.45, 7) is 3.42. The summed E-state index contributed by atoms with van der Waals surface area (Å²) in [5.74, 6) is 0.234. The molecule has 1 saturated heterocycles. The third-order valence-electron chi connectivity index (χ3n) is 4.19. The summed E-state index contributed by atoms with van der Waals surface area (Å²) in [4.78, 5) is 14.0. The van der Waals surface area contributed by atoms with Crippen LogP contribution in [0.15, 0.2) is 41.5 Å². The van der Waals surface area contributed by atoms with Gasteiger partial charge in [0.15, 0.2) is 5.75 Å². The van der Waals surface area contributed by atoms with Gasteiger partial charge in [-0.25, -0.2) is 5.43 Å². The number of halogens is 3. The van der Waals surface area contributed by atoms with Crippen molar-refractivity contribution in [2.24, 2.45) is 5.10 Å². The predicted octanol–water partition coefficient (Wildman–Crippen LogP) is 3.96. The molecule has 0 saturated carbocycles. The number of benzene rings is 2. The quantitative estimate of drug-likeness (QED) is 0.324. The van der Waals surface area contributed by atoms with Gasteiger partial charge in [-0.1, -0.05) is 35.3 Å². The summed E-state index contributed by atoms with van der Waals surface area (Å²) in [5.41, 5.74) is 4.19. The summed E-state index contributed by atoms with van der Waals surface area (Å²) in [6, 6.07) is 11.4. The maximum absolute atomic E-state index is 12.0. The largest absolute Gasteiger partial charge is 0.486 e. The maximum Gasteiger partial charge on any atom is 0.254 e. The number of nitrogens with one attached hydrogen (secondary N) is 1. The molecule has 154 valence electrons. The summed E-state index contributed by atoms with van der Waals surface area (Å²) in [6.07, 6.45) is 1.50. The fraction of sp³-hybridized carbons (Fsp3) is 0.300. The lowest BCUT2D eigenvalue weighted by atomic mass is 10.2. The normalized spacial score (nSPS) is 14.9. The van der Waals surface area contributed by atoms with E-state index < -0.39 is 0 Å². The first-order chi connectivity index (χ1) is 14.0. The first-order valence-electron chi connectivity index (χ1n) is 8.99. The van der Waals surface area contributed by atoms with E-state index in [1.165, 1.54) is 6.21 Å². The van der Waals surface area contributed by atoms with Crippen LogP contribution in [-0.4, -0.2) is 49.9 Å². The molecular weight excluding hydrogens is 528 g/mol. The number of amides is 1. The molecule has 1 heterocycles. The molecule has 0 aliphatic carbocycles. The molecule has 0 radical (unpaired) electrons. The molecule has 1 amide bonds. The van der Waals surface area contributed by atoms with E-state index in [4.69, 9.17) is 32.7 Å². The Morgan fingerprint density at radius 1 is 1.21 bits per heavy atom. The van der Waals surface area contributed by atoms with Gasteiger partial charge in [0.25, 0.3) is 5.91 Å². The van der Waals surface area contributed by atoms with Crippen LogP contribution in [0.2, 0.25) is 10.0 Å². The second kappa shape index (κ2) is 11.1. The van der Waals surface area contributed by atoms with Crippen LogP contribution >= 0.6 is 45.8 Å². The molecule has 0 atom stereocenters. The molecule has 9 heteroatoms. The van der Waals surface area contributed by atoms with Crippen molar-refractivity contribution < 1.29 is 14.3 Å². The standard InChI is InChI=1S/C20H20Cl2IN3O3/c21-17-9-15(11-24-25-19(27)12-26-5-7-28-8-6-26)10-18(22)20(17)29-13-14-1-3-16(23)4-2-14/h1-4,9-11H,5-8,12-13H2,(H,25,27)/b24-11+. The molecule has 1 aliphatic rings. The van der Waals surface area contributed by atoms with Crippen molar-refractivity contribution in [2.75, 3.05) is 32.8 Å². The van der Waals surface area contributed by atoms with Crippen molar-refractivity contribution in [3.05, 3.63) is 61.1 Å². The lowest BCUT2D eigenvalue weighted by Gasteiger charge is -2.25. The highest BCUT2D eigenvalue weighted by molar-refractivity contribution is 14.1. The first kappa shape index (κ1) is 22.3. The fourth-order valence-electron chi connectivity index (χ4n) is 2.70. The van der Waals surface area contributed by atoms with Crippen molar-refractivity contribution in [3.8, 4) is 5.75 Å². The van der Waals surface area contributed by atoms with E-state index in [1.54, 1.807) is 12.1 Å². The second-order valence-electron chi connectivity index (χ2n) is 6.41. The van der Waals surface area contributed by atoms with Crippen molar-refractivity contribution in [1.29, 1.82) is 0 Å². The highest BCUT2D eigenvalue weighted by Gasteiger charge is 2.14. The van der Waals surface area contributed by atoms with Crippen LogP contribution in [0.4, 0.5) is 0 Å². The highest BCUT2D eigenvalue weighted by Crippen LogP contribution is 2.34. The SMILES string of the molecule is O=C(CN1CCOCC1)N/N=C/c1cc(Cl)c(OCc2ccc(I)cc2)c(Cl)c1. The molecule has 1 aliphatic heterocycles. The van der Waals surface area contributed by atoms with E-state index in [9.17, 15) is 4.79 Å². The van der Waals surface area contributed by atoms with Crippen LogP contribution in [0.25, 0.3) is 0 Å². The van der Waals surface area contributed by atoms with Crippen molar-refractivity contribution in [1.82, 2.24) is 10.3 Å². The molecule has 2 aromatic carbocycles. The van der Waals surface area contributed by atoms with Crippen LogP contribution in [0.5, 0.6) is 5.75 Å². The van der Waals surface area contributed by atoms with Crippen LogP contribution in [0.1, 0.15) is 11.1 Å². The topological polar surface area (TPSA) is 63.2 Å². The van der Waals surface area contributed by atoms with Gasteiger partial charge in [0.05, 0.1) is 36.0 Å². The number of morpholine rings is 1. The fourth-order valence-corrected chi connectivity index (χ4v) is 3.68. The monoisotopic (exact) mass is 547 g/mol. The van der Waals surface area contributed by atoms with Gasteiger partial charge in [-0.05, 0) is 58.0 Å². The Morgan fingerprint density at radius 3 is 2.52 bits per heavy atom. The number of carbonyl (C=O) groups excluding carboxylic acids is 1. The van der Waals surface area contributed by atoms with Crippen molar-refractivity contribution in [3.63, 3.8) is 0 Å². The first-order valence-corrected chi connectivity index (χ1v) is 10.8. The average molecular weight is 548 g/mol. The van der Waals surface area contributed by atoms with E-state index in [1.807, 2.05) is 29.2 Å². The Balaban J connectivity index is 1.54. The van der Waals surface area contributed by atoms with Gasteiger partial charge in [-0.15, -0.1) is 0 Å². The third kappa shape index (κ3) is 7.11. The molecule has 1 fully saturated rings. The van der Waals surface area contributed by atoms with Crippen molar-refractivity contribution >= 4 is 57.9 Å². The molecule has 0 aromatic heterocycles. The minimum atomic E-state index is -0.183. The number of nitrogens with zero attached hydrogens (tertiary/aromatic N) is 2. The van der Waals surface area contributed by atoms with E-state index >= 15 is 0 Å². The number of hydrazone groups is 1. The van der Waals surface area contributed by atoms with Gasteiger partial charge in [0, 0.05) is 16.7 Å². The van der Waals surface area contributed by atoms with E-state index in [-0.39, 0.29) is 12.5 Å². The van der Waals surface area contributed by atoms with Crippen LogP contribution in [0, 0.1) is 3.57 Å². The zero-order chi connectivity index (χ0) is 20.6. The minimum Gasteiger partial charge on any atom is -0.486 e. The van der Waals surface area contributed by atoms with Gasteiger partial charge >= 0.3 is 0 Å². The maximum atomic E-state index is 12.0. The summed E-state index contributed by atoms with van der Waals surface area (Å²) in [5, 5.41) is 4.74. The molecule has 0 bridgehead atoms. The molecule has 1 N–H and O–H groups in total. The molecule has 0 unspecified atom stereocenters. The zero-order valence-corrected chi connectivity index (χ0v) is 19.2. The van der Waals surface area contributed by atoms with Gasteiger partial charge < -0.3 is 9.47 Å². The van der Waals surface area contributed by atoms with E-state index in [0.717, 1.165) is 22.2 Å². The molecule has 29 heavy (non-hydrogen) atoms. The minimum absolute atomic E-state index is 0.183. The Hall–Kier alpha value is -1.39. The van der Waals surface area contributed by atoms with Crippen LogP contribution in [0.3, 0.4) is 0 Å². The Labute approximate surface area is 193 Å². The zero-order valence-electron chi connectivity index (χ0n) is 15.5. The number of hydrogen-bond acceptors (Lipinski definition) is 5. The summed E-state index contributed by atoms with van der Waals surface area (Å²) >= 11 is 14.9. The third-order valence-corrected chi connectivity index (χ3v) is 5.47. The van der Waals surface area contributed by atoms with Crippen LogP contribution in [-0.2, 0) is 16.1 Å². The molecule has 6 nitrogen and oxygen atoms in total. The van der Waals surface area contributed by atoms with Gasteiger partial charge in [0.2, 0.25) is 0 Å². The molecule has 2 aromatic rings. The number of carbonyl (C=O) groups is 1. The lowest BCUT2D eigenvalue weighted by molar-refractivity contribution is -0.123.